The van der Waals surface area contributed by atoms with Crippen LogP contribution in [-0.4, -0.2) is 55.1 Å². The van der Waals surface area contributed by atoms with Crippen LogP contribution in [0, 0.1) is 0 Å². The first kappa shape index (κ1) is 19.8. The molecule has 166 valence electrons. The molecule has 3 aliphatic rings. The zero-order valence-electron chi connectivity index (χ0n) is 18.5. The number of benzene rings is 2. The van der Waals surface area contributed by atoms with Gasteiger partial charge in [0, 0.05) is 43.0 Å². The number of likely N-dealkylation sites (tertiary alicyclic amines) is 1. The number of nitrogens with zero attached hydrogens (tertiary/aromatic N) is 3. The van der Waals surface area contributed by atoms with Gasteiger partial charge in [0.15, 0.2) is 11.5 Å². The van der Waals surface area contributed by atoms with Crippen molar-refractivity contribution in [3.63, 3.8) is 0 Å². The lowest BCUT2D eigenvalue weighted by Crippen LogP contribution is -2.34. The highest BCUT2D eigenvalue weighted by atomic mass is 16.5. The summed E-state index contributed by atoms with van der Waals surface area (Å²) in [5.41, 5.74) is 5.09. The Balaban J connectivity index is 1.43. The molecule has 0 spiro atoms. The molecule has 2 fully saturated rings. The number of aromatic nitrogens is 1. The van der Waals surface area contributed by atoms with E-state index in [0.29, 0.717) is 11.1 Å². The van der Waals surface area contributed by atoms with Crippen molar-refractivity contribution in [2.75, 3.05) is 49.5 Å². The Bertz CT molecular complexity index is 1160. The maximum absolute atomic E-state index is 13.6. The first-order valence-corrected chi connectivity index (χ1v) is 12.1. The molecule has 1 aromatic heterocycles. The lowest BCUT2D eigenvalue weighted by Gasteiger charge is -2.30. The fraction of sp³-hybridized carbons (Fsp3) is 0.462. The lowest BCUT2D eigenvalue weighted by molar-refractivity contribution is 0.104. The lowest BCUT2D eigenvalue weighted by atomic mass is 9.86. The summed E-state index contributed by atoms with van der Waals surface area (Å²) in [6.45, 7) is 6.22. The van der Waals surface area contributed by atoms with Crippen molar-refractivity contribution in [3.05, 3.63) is 41.5 Å². The van der Waals surface area contributed by atoms with E-state index in [2.05, 4.69) is 26.3 Å². The summed E-state index contributed by atoms with van der Waals surface area (Å²) in [4.78, 5) is 18.6. The molecule has 2 saturated heterocycles. The Kier molecular flexibility index (Phi) is 5.10. The fourth-order valence-corrected chi connectivity index (χ4v) is 5.59. The van der Waals surface area contributed by atoms with E-state index < -0.39 is 0 Å². The number of anilines is 2. The number of carbonyl (C=O) groups is 1. The number of nitrogens with one attached hydrogen (secondary N) is 1. The van der Waals surface area contributed by atoms with Crippen LogP contribution in [0.15, 0.2) is 34.9 Å². The van der Waals surface area contributed by atoms with E-state index in [0.717, 1.165) is 59.8 Å². The first-order valence-electron chi connectivity index (χ1n) is 12.1. The Morgan fingerprint density at radius 3 is 2.44 bits per heavy atom. The van der Waals surface area contributed by atoms with Gasteiger partial charge in [-0.05, 0) is 51.3 Å². The molecule has 3 heterocycles. The molecule has 6 heteroatoms. The molecule has 3 aromatic rings. The second kappa shape index (κ2) is 8.24. The van der Waals surface area contributed by atoms with Crippen molar-refractivity contribution in [2.45, 2.75) is 38.5 Å². The van der Waals surface area contributed by atoms with E-state index >= 15 is 0 Å². The number of hydrogen-bond donors (Lipinski definition) is 1. The second-order valence-corrected chi connectivity index (χ2v) is 9.31. The van der Waals surface area contributed by atoms with Gasteiger partial charge >= 0.3 is 0 Å². The van der Waals surface area contributed by atoms with E-state index in [4.69, 9.17) is 4.52 Å². The quantitative estimate of drug-likeness (QED) is 0.485. The largest absolute Gasteiger partial charge is 0.383 e. The monoisotopic (exact) mass is 430 g/mol. The van der Waals surface area contributed by atoms with Gasteiger partial charge in [-0.1, -0.05) is 35.8 Å². The summed E-state index contributed by atoms with van der Waals surface area (Å²) in [5, 5.41) is 9.00. The highest BCUT2D eigenvalue weighted by Crippen LogP contribution is 2.46. The highest BCUT2D eigenvalue weighted by Gasteiger charge is 2.33. The standard InChI is InChI=1S/C26H30N4O2/c31-25-18-9-3-4-10-19(18)26-23-22(25)20(27-11-16-29-12-5-1-6-13-29)17-21(24(23)28-32-26)30-14-7-2-8-15-30/h3-4,9-10,17,27H,1-2,5-8,11-16H2. The molecule has 6 rings (SSSR count). The van der Waals surface area contributed by atoms with Crippen molar-refractivity contribution in [1.82, 2.24) is 10.1 Å². The molecule has 1 aliphatic carbocycles. The molecule has 2 aromatic carbocycles. The van der Waals surface area contributed by atoms with Crippen LogP contribution in [0.1, 0.15) is 54.4 Å². The van der Waals surface area contributed by atoms with Crippen LogP contribution in [0.2, 0.25) is 0 Å². The van der Waals surface area contributed by atoms with Gasteiger partial charge in [-0.3, -0.25) is 4.79 Å². The average Bonchev–Trinajstić information content (AvgIpc) is 3.29. The van der Waals surface area contributed by atoms with E-state index in [1.165, 1.54) is 51.6 Å². The molecule has 0 amide bonds. The molecule has 32 heavy (non-hydrogen) atoms. The Hall–Kier alpha value is -2.86. The number of fused-ring (bicyclic) bond motifs is 2. The van der Waals surface area contributed by atoms with E-state index in [1.807, 2.05) is 24.3 Å². The number of rotatable bonds is 5. The topological polar surface area (TPSA) is 61.6 Å². The first-order chi connectivity index (χ1) is 15.8. The summed E-state index contributed by atoms with van der Waals surface area (Å²) < 4.78 is 5.89. The molecular formula is C26H30N4O2. The third-order valence-corrected chi connectivity index (χ3v) is 7.27. The minimum absolute atomic E-state index is 0.0620. The normalized spacial score (nSPS) is 18.8. The van der Waals surface area contributed by atoms with Crippen LogP contribution in [0.25, 0.3) is 22.2 Å². The molecule has 0 saturated carbocycles. The molecule has 0 bridgehead atoms. The minimum atomic E-state index is 0.0620. The maximum Gasteiger partial charge on any atom is 0.196 e. The molecule has 2 aliphatic heterocycles. The van der Waals surface area contributed by atoms with Gasteiger partial charge in [0.2, 0.25) is 0 Å². The zero-order valence-corrected chi connectivity index (χ0v) is 18.5. The number of ketones is 1. The average molecular weight is 431 g/mol. The van der Waals surface area contributed by atoms with Crippen LogP contribution >= 0.6 is 0 Å². The van der Waals surface area contributed by atoms with Gasteiger partial charge < -0.3 is 19.6 Å². The van der Waals surface area contributed by atoms with Gasteiger partial charge in [0.05, 0.1) is 16.6 Å². The van der Waals surface area contributed by atoms with Gasteiger partial charge in [-0.15, -0.1) is 0 Å². The SMILES string of the molecule is O=C1c2ccccc2-c2onc3c(N4CCCCC4)cc(NCCN4CCCCC4)c1c23. The van der Waals surface area contributed by atoms with Gasteiger partial charge in [-0.2, -0.15) is 0 Å². The zero-order chi connectivity index (χ0) is 21.5. The smallest absolute Gasteiger partial charge is 0.196 e. The van der Waals surface area contributed by atoms with Crippen molar-refractivity contribution in [3.8, 4) is 11.3 Å². The maximum atomic E-state index is 13.6. The minimum Gasteiger partial charge on any atom is -0.383 e. The van der Waals surface area contributed by atoms with Crippen LogP contribution < -0.4 is 10.2 Å². The van der Waals surface area contributed by atoms with Gasteiger partial charge in [0.1, 0.15) is 5.52 Å². The highest BCUT2D eigenvalue weighted by molar-refractivity contribution is 6.28. The predicted octanol–water partition coefficient (Wildman–Crippen LogP) is 4.93. The van der Waals surface area contributed by atoms with Crippen molar-refractivity contribution in [2.24, 2.45) is 0 Å². The predicted molar refractivity (Wildman–Crippen MR) is 128 cm³/mol. The number of carbonyl (C=O) groups excluding carboxylic acids is 1. The van der Waals surface area contributed by atoms with E-state index in [1.54, 1.807) is 0 Å². The second-order valence-electron chi connectivity index (χ2n) is 9.31. The van der Waals surface area contributed by atoms with Crippen LogP contribution in [0.3, 0.4) is 0 Å². The third kappa shape index (κ3) is 3.28. The summed E-state index contributed by atoms with van der Waals surface area (Å²) >= 11 is 0. The number of hydrogen-bond acceptors (Lipinski definition) is 6. The summed E-state index contributed by atoms with van der Waals surface area (Å²) in [7, 11) is 0. The van der Waals surface area contributed by atoms with E-state index in [-0.39, 0.29) is 5.78 Å². The van der Waals surface area contributed by atoms with Crippen LogP contribution in [0.5, 0.6) is 0 Å². The number of piperidine rings is 2. The third-order valence-electron chi connectivity index (χ3n) is 7.27. The molecule has 6 nitrogen and oxygen atoms in total. The van der Waals surface area contributed by atoms with Gasteiger partial charge in [0.25, 0.3) is 0 Å². The van der Waals surface area contributed by atoms with Crippen LogP contribution in [-0.2, 0) is 0 Å². The molecule has 0 radical (unpaired) electrons. The molecule has 0 atom stereocenters. The van der Waals surface area contributed by atoms with Gasteiger partial charge in [-0.25, -0.2) is 0 Å². The fourth-order valence-electron chi connectivity index (χ4n) is 5.59. The van der Waals surface area contributed by atoms with E-state index in [9.17, 15) is 4.79 Å². The Morgan fingerprint density at radius 2 is 1.66 bits per heavy atom. The van der Waals surface area contributed by atoms with Crippen molar-refractivity contribution in [1.29, 1.82) is 0 Å². The summed E-state index contributed by atoms with van der Waals surface area (Å²) in [6.07, 6.45) is 7.56. The summed E-state index contributed by atoms with van der Waals surface area (Å²) in [5.74, 6) is 0.787. The van der Waals surface area contributed by atoms with Crippen molar-refractivity contribution < 1.29 is 9.32 Å². The van der Waals surface area contributed by atoms with Crippen LogP contribution in [0.4, 0.5) is 11.4 Å². The molecular weight excluding hydrogens is 400 g/mol. The molecule has 0 unspecified atom stereocenters. The van der Waals surface area contributed by atoms with Crippen molar-refractivity contribution >= 4 is 28.1 Å². The Morgan fingerprint density at radius 1 is 0.938 bits per heavy atom. The Labute approximate surface area is 188 Å². The molecule has 1 N–H and O–H groups in total. The summed E-state index contributed by atoms with van der Waals surface area (Å²) in [6, 6.07) is 9.88.